The van der Waals surface area contributed by atoms with Crippen LogP contribution in [0.5, 0.6) is 0 Å². The van der Waals surface area contributed by atoms with Crippen molar-refractivity contribution in [3.8, 4) is 0 Å². The third-order valence-corrected chi connectivity index (χ3v) is 5.34. The standard InChI is InChI=1S/C18H18N2O6S/c21-15(19-8-6-12(7-9-19)17(23)24)11-20-16(22)14(27-18(20)25)5-1-3-13-4-2-10-26-13/h1-5,10,12H,6-9,11H2,(H,23,24). The maximum absolute atomic E-state index is 12.4. The molecule has 2 fully saturated rings. The second-order valence-electron chi connectivity index (χ2n) is 6.16. The van der Waals surface area contributed by atoms with Gasteiger partial charge in [0.25, 0.3) is 11.1 Å². The summed E-state index contributed by atoms with van der Waals surface area (Å²) in [6, 6.07) is 3.49. The van der Waals surface area contributed by atoms with E-state index >= 15 is 0 Å². The Labute approximate surface area is 159 Å². The van der Waals surface area contributed by atoms with Gasteiger partial charge >= 0.3 is 5.97 Å². The number of thioether (sulfide) groups is 1. The number of amides is 3. The number of piperidine rings is 1. The molecule has 3 heterocycles. The maximum Gasteiger partial charge on any atom is 0.306 e. The average molecular weight is 390 g/mol. The van der Waals surface area contributed by atoms with Crippen LogP contribution >= 0.6 is 11.8 Å². The summed E-state index contributed by atoms with van der Waals surface area (Å²) >= 11 is 0.780. The van der Waals surface area contributed by atoms with Crippen molar-refractivity contribution in [1.29, 1.82) is 0 Å². The molecule has 0 aliphatic carbocycles. The van der Waals surface area contributed by atoms with E-state index in [9.17, 15) is 19.2 Å². The fourth-order valence-corrected chi connectivity index (χ4v) is 3.67. The number of allylic oxidation sites excluding steroid dienone is 2. The molecule has 2 aliphatic heterocycles. The SMILES string of the molecule is O=C(O)C1CCN(C(=O)CN2C(=O)SC(=CC=Cc3ccco3)C2=O)CC1. The number of aliphatic carboxylic acids is 1. The van der Waals surface area contributed by atoms with Gasteiger partial charge in [-0.15, -0.1) is 0 Å². The zero-order valence-electron chi connectivity index (χ0n) is 14.4. The second-order valence-corrected chi connectivity index (χ2v) is 7.15. The summed E-state index contributed by atoms with van der Waals surface area (Å²) in [6.45, 7) is 0.295. The molecule has 0 spiro atoms. The van der Waals surface area contributed by atoms with Crippen molar-refractivity contribution in [2.24, 2.45) is 5.92 Å². The summed E-state index contributed by atoms with van der Waals surface area (Å²) < 4.78 is 5.14. The van der Waals surface area contributed by atoms with E-state index in [-0.39, 0.29) is 17.4 Å². The van der Waals surface area contributed by atoms with E-state index in [0.717, 1.165) is 16.7 Å². The van der Waals surface area contributed by atoms with Gasteiger partial charge in [-0.3, -0.25) is 24.1 Å². The Kier molecular flexibility index (Phi) is 5.80. The van der Waals surface area contributed by atoms with Gasteiger partial charge in [0.2, 0.25) is 5.91 Å². The molecule has 3 amide bonds. The first kappa shape index (κ1) is 19.0. The third-order valence-electron chi connectivity index (χ3n) is 4.42. The molecule has 9 heteroatoms. The van der Waals surface area contributed by atoms with Crippen molar-refractivity contribution in [1.82, 2.24) is 9.80 Å². The number of likely N-dealkylation sites (tertiary alicyclic amines) is 1. The van der Waals surface area contributed by atoms with Crippen molar-refractivity contribution >= 4 is 40.9 Å². The summed E-state index contributed by atoms with van der Waals surface area (Å²) in [4.78, 5) is 50.5. The van der Waals surface area contributed by atoms with E-state index in [1.54, 1.807) is 24.3 Å². The molecule has 2 saturated heterocycles. The van der Waals surface area contributed by atoms with E-state index in [0.29, 0.717) is 31.7 Å². The highest BCUT2D eigenvalue weighted by atomic mass is 32.2. The zero-order valence-corrected chi connectivity index (χ0v) is 15.2. The summed E-state index contributed by atoms with van der Waals surface area (Å²) in [5, 5.41) is 8.51. The van der Waals surface area contributed by atoms with Crippen LogP contribution in [0.3, 0.4) is 0 Å². The van der Waals surface area contributed by atoms with Gasteiger partial charge in [-0.1, -0.05) is 6.08 Å². The number of carboxylic acids is 1. The van der Waals surface area contributed by atoms with Gasteiger partial charge in [0.05, 0.1) is 17.1 Å². The monoisotopic (exact) mass is 390 g/mol. The first-order valence-corrected chi connectivity index (χ1v) is 9.23. The Hall–Kier alpha value is -2.81. The van der Waals surface area contributed by atoms with Crippen LogP contribution in [0.15, 0.2) is 39.9 Å². The minimum absolute atomic E-state index is 0.236. The lowest BCUT2D eigenvalue weighted by Gasteiger charge is -2.30. The Morgan fingerprint density at radius 2 is 2.04 bits per heavy atom. The molecular weight excluding hydrogens is 372 g/mol. The van der Waals surface area contributed by atoms with Crippen molar-refractivity contribution in [2.45, 2.75) is 12.8 Å². The number of hydrogen-bond acceptors (Lipinski definition) is 6. The lowest BCUT2D eigenvalue weighted by atomic mass is 9.97. The minimum atomic E-state index is -0.860. The Morgan fingerprint density at radius 1 is 1.30 bits per heavy atom. The molecule has 8 nitrogen and oxygen atoms in total. The van der Waals surface area contributed by atoms with Crippen molar-refractivity contribution in [2.75, 3.05) is 19.6 Å². The minimum Gasteiger partial charge on any atom is -0.481 e. The van der Waals surface area contributed by atoms with E-state index in [1.807, 2.05) is 0 Å². The fourth-order valence-electron chi connectivity index (χ4n) is 2.88. The van der Waals surface area contributed by atoms with Gasteiger partial charge < -0.3 is 14.4 Å². The Morgan fingerprint density at radius 3 is 2.67 bits per heavy atom. The number of carbonyl (C=O) groups excluding carboxylic acids is 3. The summed E-state index contributed by atoms with van der Waals surface area (Å²) in [5.41, 5.74) is 0. The molecule has 2 aliphatic rings. The quantitative estimate of drug-likeness (QED) is 0.768. The van der Waals surface area contributed by atoms with E-state index < -0.39 is 23.0 Å². The van der Waals surface area contributed by atoms with Gasteiger partial charge in [-0.2, -0.15) is 0 Å². The normalized spacial score (nSPS) is 20.2. The number of carboxylic acid groups (broad SMARTS) is 1. The highest BCUT2D eigenvalue weighted by Crippen LogP contribution is 2.30. The Bertz CT molecular complexity index is 806. The molecule has 0 radical (unpaired) electrons. The number of rotatable bonds is 5. The van der Waals surface area contributed by atoms with Gasteiger partial charge in [0, 0.05) is 13.1 Å². The summed E-state index contributed by atoms with van der Waals surface area (Å²) in [7, 11) is 0. The van der Waals surface area contributed by atoms with Crippen molar-refractivity contribution < 1.29 is 28.7 Å². The molecule has 27 heavy (non-hydrogen) atoms. The highest BCUT2D eigenvalue weighted by Gasteiger charge is 2.37. The predicted molar refractivity (Wildman–Crippen MR) is 97.5 cm³/mol. The van der Waals surface area contributed by atoms with Crippen LogP contribution in [0, 0.1) is 5.92 Å². The van der Waals surface area contributed by atoms with E-state index in [1.165, 1.54) is 17.2 Å². The number of furan rings is 1. The van der Waals surface area contributed by atoms with E-state index in [4.69, 9.17) is 9.52 Å². The van der Waals surface area contributed by atoms with Crippen molar-refractivity contribution in [3.63, 3.8) is 0 Å². The third kappa shape index (κ3) is 4.48. The molecule has 3 rings (SSSR count). The largest absolute Gasteiger partial charge is 0.481 e. The number of imide groups is 1. The van der Waals surface area contributed by atoms with Crippen LogP contribution in [-0.4, -0.2) is 57.6 Å². The topological polar surface area (TPSA) is 108 Å². The van der Waals surface area contributed by atoms with Crippen LogP contribution in [-0.2, 0) is 14.4 Å². The highest BCUT2D eigenvalue weighted by molar-refractivity contribution is 8.18. The maximum atomic E-state index is 12.4. The van der Waals surface area contributed by atoms with E-state index in [2.05, 4.69) is 0 Å². The lowest BCUT2D eigenvalue weighted by molar-refractivity contribution is -0.146. The lowest BCUT2D eigenvalue weighted by Crippen LogP contribution is -2.46. The first-order chi connectivity index (χ1) is 13.0. The molecule has 0 unspecified atom stereocenters. The van der Waals surface area contributed by atoms with Gasteiger partial charge in [-0.05, 0) is 48.9 Å². The summed E-state index contributed by atoms with van der Waals surface area (Å²) in [5.74, 6) is -1.56. The average Bonchev–Trinajstić information content (AvgIpc) is 3.26. The number of hydrogen-bond donors (Lipinski definition) is 1. The van der Waals surface area contributed by atoms with Crippen LogP contribution < -0.4 is 0 Å². The molecule has 1 aromatic heterocycles. The molecule has 0 aromatic carbocycles. The van der Waals surface area contributed by atoms with Gasteiger partial charge in [-0.25, -0.2) is 0 Å². The van der Waals surface area contributed by atoms with Crippen LogP contribution in [0.1, 0.15) is 18.6 Å². The Balaban J connectivity index is 1.57. The second kappa shape index (κ2) is 8.26. The number of carbonyl (C=O) groups is 4. The van der Waals surface area contributed by atoms with Crippen LogP contribution in [0.2, 0.25) is 0 Å². The summed E-state index contributed by atoms with van der Waals surface area (Å²) in [6.07, 6.45) is 7.05. The molecule has 0 bridgehead atoms. The van der Waals surface area contributed by atoms with Gasteiger partial charge in [0.1, 0.15) is 12.3 Å². The zero-order chi connectivity index (χ0) is 19.4. The molecule has 1 N–H and O–H groups in total. The molecule has 0 atom stereocenters. The smallest absolute Gasteiger partial charge is 0.306 e. The molecule has 0 saturated carbocycles. The fraction of sp³-hybridized carbons (Fsp3) is 0.333. The molecular formula is C18H18N2O6S. The van der Waals surface area contributed by atoms with Crippen LogP contribution in [0.25, 0.3) is 6.08 Å². The number of nitrogens with zero attached hydrogens (tertiary/aromatic N) is 2. The predicted octanol–water partition coefficient (Wildman–Crippen LogP) is 2.20. The van der Waals surface area contributed by atoms with Crippen LogP contribution in [0.4, 0.5) is 4.79 Å². The molecule has 142 valence electrons. The molecule has 1 aromatic rings. The first-order valence-electron chi connectivity index (χ1n) is 8.42. The van der Waals surface area contributed by atoms with Crippen molar-refractivity contribution in [3.05, 3.63) is 41.2 Å². The van der Waals surface area contributed by atoms with Gasteiger partial charge in [0.15, 0.2) is 0 Å².